The zero-order valence-electron chi connectivity index (χ0n) is 8.32. The van der Waals surface area contributed by atoms with Crippen LogP contribution in [0.1, 0.15) is 32.6 Å². The van der Waals surface area contributed by atoms with Gasteiger partial charge < -0.3 is 10.2 Å². The molecule has 0 aliphatic carbocycles. The second-order valence-electron chi connectivity index (χ2n) is 3.06. The van der Waals surface area contributed by atoms with Crippen molar-refractivity contribution in [2.24, 2.45) is 0 Å². The van der Waals surface area contributed by atoms with Gasteiger partial charge in [-0.1, -0.05) is 44.1 Å². The van der Waals surface area contributed by atoms with Crippen LogP contribution in [0, 0.1) is 0 Å². The van der Waals surface area contributed by atoms with E-state index in [9.17, 15) is 0 Å². The van der Waals surface area contributed by atoms with E-state index in [-0.39, 0.29) is 6.61 Å². The zero-order chi connectivity index (χ0) is 9.94. The van der Waals surface area contributed by atoms with Crippen molar-refractivity contribution in [1.29, 1.82) is 0 Å². The molecular formula is C11H20O2. The Morgan fingerprint density at radius 1 is 1.23 bits per heavy atom. The van der Waals surface area contributed by atoms with E-state index < -0.39 is 6.10 Å². The van der Waals surface area contributed by atoms with Gasteiger partial charge in [-0.3, -0.25) is 0 Å². The summed E-state index contributed by atoms with van der Waals surface area (Å²) in [6.45, 7) is 1.97. The van der Waals surface area contributed by atoms with Gasteiger partial charge in [0.25, 0.3) is 0 Å². The molecular weight excluding hydrogens is 164 g/mol. The second kappa shape index (κ2) is 9.49. The molecule has 0 aromatic rings. The molecule has 0 fully saturated rings. The number of hydrogen-bond donors (Lipinski definition) is 2. The largest absolute Gasteiger partial charge is 0.393 e. The molecule has 13 heavy (non-hydrogen) atoms. The molecule has 0 spiro atoms. The number of aliphatic hydroxyl groups excluding tert-OH is 2. The predicted molar refractivity (Wildman–Crippen MR) is 55.5 cm³/mol. The van der Waals surface area contributed by atoms with Gasteiger partial charge >= 0.3 is 0 Å². The molecule has 0 bridgehead atoms. The monoisotopic (exact) mass is 184 g/mol. The fraction of sp³-hybridized carbons (Fsp3) is 0.636. The lowest BCUT2D eigenvalue weighted by Gasteiger charge is -1.95. The maximum atomic E-state index is 8.93. The van der Waals surface area contributed by atoms with E-state index in [1.165, 1.54) is 19.3 Å². The SMILES string of the molecule is CCCCC/C=C\C=C\[C@@H](O)CO. The summed E-state index contributed by atoms with van der Waals surface area (Å²) in [5.41, 5.74) is 0. The highest BCUT2D eigenvalue weighted by Crippen LogP contribution is 1.99. The van der Waals surface area contributed by atoms with Crippen LogP contribution in [0.15, 0.2) is 24.3 Å². The van der Waals surface area contributed by atoms with Crippen molar-refractivity contribution < 1.29 is 10.2 Å². The lowest BCUT2D eigenvalue weighted by molar-refractivity contribution is 0.131. The first-order valence-corrected chi connectivity index (χ1v) is 4.93. The number of unbranched alkanes of at least 4 members (excludes halogenated alkanes) is 3. The summed E-state index contributed by atoms with van der Waals surface area (Å²) in [6, 6.07) is 0. The molecule has 76 valence electrons. The van der Waals surface area contributed by atoms with Gasteiger partial charge in [0.05, 0.1) is 12.7 Å². The molecule has 0 radical (unpaired) electrons. The van der Waals surface area contributed by atoms with Crippen LogP contribution in [0.25, 0.3) is 0 Å². The number of hydrogen-bond acceptors (Lipinski definition) is 2. The molecule has 0 aromatic carbocycles. The van der Waals surface area contributed by atoms with Crippen LogP contribution in [0.2, 0.25) is 0 Å². The quantitative estimate of drug-likeness (QED) is 0.469. The number of rotatable bonds is 7. The first-order valence-electron chi connectivity index (χ1n) is 4.93. The van der Waals surface area contributed by atoms with Crippen molar-refractivity contribution in [3.05, 3.63) is 24.3 Å². The second-order valence-corrected chi connectivity index (χ2v) is 3.06. The molecule has 2 heteroatoms. The van der Waals surface area contributed by atoms with Gasteiger partial charge in [0.15, 0.2) is 0 Å². The minimum atomic E-state index is -0.722. The van der Waals surface area contributed by atoms with Crippen LogP contribution in [0.3, 0.4) is 0 Å². The zero-order valence-corrected chi connectivity index (χ0v) is 8.32. The topological polar surface area (TPSA) is 40.5 Å². The van der Waals surface area contributed by atoms with Crippen molar-refractivity contribution in [3.63, 3.8) is 0 Å². The Morgan fingerprint density at radius 2 is 2.00 bits per heavy atom. The maximum absolute atomic E-state index is 8.93. The molecule has 0 unspecified atom stereocenters. The Morgan fingerprint density at radius 3 is 2.62 bits per heavy atom. The number of aliphatic hydroxyl groups is 2. The van der Waals surface area contributed by atoms with E-state index in [4.69, 9.17) is 10.2 Å². The van der Waals surface area contributed by atoms with E-state index >= 15 is 0 Å². The molecule has 0 heterocycles. The van der Waals surface area contributed by atoms with Gasteiger partial charge in [-0.05, 0) is 12.8 Å². The standard InChI is InChI=1S/C11H20O2/c1-2-3-4-5-6-7-8-9-11(13)10-12/h6-9,11-13H,2-5,10H2,1H3/b7-6-,9-8+/t11-/m1/s1. The molecule has 0 saturated heterocycles. The van der Waals surface area contributed by atoms with E-state index in [1.54, 1.807) is 12.2 Å². The summed E-state index contributed by atoms with van der Waals surface area (Å²) >= 11 is 0. The maximum Gasteiger partial charge on any atom is 0.0954 e. The Balaban J connectivity index is 3.34. The molecule has 0 saturated carbocycles. The molecule has 0 aromatic heterocycles. The van der Waals surface area contributed by atoms with E-state index in [2.05, 4.69) is 13.0 Å². The average molecular weight is 184 g/mol. The third-order valence-corrected chi connectivity index (χ3v) is 1.74. The normalized spacial score (nSPS) is 14.4. The van der Waals surface area contributed by atoms with Crippen molar-refractivity contribution in [2.45, 2.75) is 38.7 Å². The van der Waals surface area contributed by atoms with Crippen LogP contribution in [-0.2, 0) is 0 Å². The van der Waals surface area contributed by atoms with Crippen LogP contribution >= 0.6 is 0 Å². The van der Waals surface area contributed by atoms with Gasteiger partial charge in [-0.25, -0.2) is 0 Å². The van der Waals surface area contributed by atoms with E-state index in [1.807, 2.05) is 6.08 Å². The average Bonchev–Trinajstić information content (AvgIpc) is 2.16. The molecule has 0 amide bonds. The van der Waals surface area contributed by atoms with Gasteiger partial charge in [0.2, 0.25) is 0 Å². The van der Waals surface area contributed by atoms with E-state index in [0.717, 1.165) is 6.42 Å². The molecule has 0 aliphatic heterocycles. The fourth-order valence-electron chi connectivity index (χ4n) is 0.940. The lowest BCUT2D eigenvalue weighted by atomic mass is 10.2. The fourth-order valence-corrected chi connectivity index (χ4v) is 0.940. The van der Waals surface area contributed by atoms with Gasteiger partial charge in [0, 0.05) is 0 Å². The highest BCUT2D eigenvalue weighted by Gasteiger charge is 1.90. The Labute approximate surface area is 80.6 Å². The first-order chi connectivity index (χ1) is 6.31. The Kier molecular flexibility index (Phi) is 9.05. The molecule has 2 nitrogen and oxygen atoms in total. The highest BCUT2D eigenvalue weighted by atomic mass is 16.3. The summed E-state index contributed by atoms with van der Waals surface area (Å²) in [7, 11) is 0. The van der Waals surface area contributed by atoms with Gasteiger partial charge in [-0.2, -0.15) is 0 Å². The summed E-state index contributed by atoms with van der Waals surface area (Å²) < 4.78 is 0. The third-order valence-electron chi connectivity index (χ3n) is 1.74. The van der Waals surface area contributed by atoms with Crippen molar-refractivity contribution >= 4 is 0 Å². The third kappa shape index (κ3) is 9.31. The van der Waals surface area contributed by atoms with Crippen LogP contribution in [0.5, 0.6) is 0 Å². The van der Waals surface area contributed by atoms with Crippen molar-refractivity contribution in [2.75, 3.05) is 6.61 Å². The Bertz CT molecular complexity index is 150. The summed E-state index contributed by atoms with van der Waals surface area (Å²) in [6.07, 6.45) is 11.4. The minimum absolute atomic E-state index is 0.208. The van der Waals surface area contributed by atoms with Crippen LogP contribution in [-0.4, -0.2) is 22.9 Å². The predicted octanol–water partition coefficient (Wildman–Crippen LogP) is 2.03. The number of allylic oxidation sites excluding steroid dienone is 3. The summed E-state index contributed by atoms with van der Waals surface area (Å²) in [5.74, 6) is 0. The lowest BCUT2D eigenvalue weighted by Crippen LogP contribution is -2.06. The molecule has 1 atom stereocenters. The Hall–Kier alpha value is -0.600. The molecule has 0 aliphatic rings. The van der Waals surface area contributed by atoms with Crippen LogP contribution < -0.4 is 0 Å². The van der Waals surface area contributed by atoms with Gasteiger partial charge in [0.1, 0.15) is 0 Å². The molecule has 2 N–H and O–H groups in total. The first kappa shape index (κ1) is 12.4. The minimum Gasteiger partial charge on any atom is -0.393 e. The van der Waals surface area contributed by atoms with Crippen molar-refractivity contribution in [1.82, 2.24) is 0 Å². The van der Waals surface area contributed by atoms with Gasteiger partial charge in [-0.15, -0.1) is 0 Å². The van der Waals surface area contributed by atoms with E-state index in [0.29, 0.717) is 0 Å². The summed E-state index contributed by atoms with van der Waals surface area (Å²) in [4.78, 5) is 0. The molecule has 0 rings (SSSR count). The van der Waals surface area contributed by atoms with Crippen LogP contribution in [0.4, 0.5) is 0 Å². The smallest absolute Gasteiger partial charge is 0.0954 e. The van der Waals surface area contributed by atoms with Crippen molar-refractivity contribution in [3.8, 4) is 0 Å². The summed E-state index contributed by atoms with van der Waals surface area (Å²) in [5, 5.41) is 17.4. The highest BCUT2D eigenvalue weighted by molar-refractivity contribution is 5.04.